The molecule has 158 valence electrons. The fraction of sp³-hybridized carbons (Fsp3) is 0.0435. The van der Waals surface area contributed by atoms with Crippen LogP contribution in [0.25, 0.3) is 27.3 Å². The quantitative estimate of drug-likeness (QED) is 0.264. The van der Waals surface area contributed by atoms with Crippen molar-refractivity contribution >= 4 is 70.8 Å². The predicted octanol–water partition coefficient (Wildman–Crippen LogP) is 4.44. The van der Waals surface area contributed by atoms with E-state index in [1.54, 1.807) is 36.4 Å². The van der Waals surface area contributed by atoms with Crippen molar-refractivity contribution in [1.29, 1.82) is 0 Å². The molecule has 7 nitrogen and oxygen atoms in total. The Hall–Kier alpha value is -3.30. The van der Waals surface area contributed by atoms with E-state index < -0.39 is 17.0 Å². The molecule has 0 amide bonds. The number of halogens is 2. The summed E-state index contributed by atoms with van der Waals surface area (Å²) in [7, 11) is 0. The van der Waals surface area contributed by atoms with E-state index in [2.05, 4.69) is 42.2 Å². The second kappa shape index (κ2) is 7.99. The minimum absolute atomic E-state index is 0.177. The minimum atomic E-state index is -0.578. The van der Waals surface area contributed by atoms with Gasteiger partial charge in [0.05, 0.1) is 22.8 Å². The average Bonchev–Trinajstić information content (AvgIpc) is 2.80. The summed E-state index contributed by atoms with van der Waals surface area (Å²) in [6, 6.07) is 19.4. The first-order valence-corrected chi connectivity index (χ1v) is 11.2. The van der Waals surface area contributed by atoms with E-state index in [-0.39, 0.29) is 17.6 Å². The highest BCUT2D eigenvalue weighted by molar-refractivity contribution is 9.11. The molecule has 0 aliphatic heterocycles. The van der Waals surface area contributed by atoms with Crippen molar-refractivity contribution in [3.8, 4) is 0 Å². The smallest absolute Gasteiger partial charge is 0.281 e. The van der Waals surface area contributed by atoms with E-state index in [0.29, 0.717) is 25.2 Å². The first-order chi connectivity index (χ1) is 15.5. The number of anilines is 1. The highest BCUT2D eigenvalue weighted by Gasteiger charge is 2.20. The van der Waals surface area contributed by atoms with Gasteiger partial charge in [0.1, 0.15) is 0 Å². The molecule has 0 atom stereocenters. The summed E-state index contributed by atoms with van der Waals surface area (Å²) in [6.07, 6.45) is 0. The minimum Gasteiger partial charge on any atom is -0.376 e. The molecular weight excluding hydrogens is 540 g/mol. The van der Waals surface area contributed by atoms with Gasteiger partial charge in [0.15, 0.2) is 5.65 Å². The van der Waals surface area contributed by atoms with Crippen LogP contribution in [0.1, 0.15) is 4.79 Å². The highest BCUT2D eigenvalue weighted by atomic mass is 79.9. The monoisotopic (exact) mass is 552 g/mol. The number of nitrogens with one attached hydrogen (secondary N) is 1. The van der Waals surface area contributed by atoms with Crippen LogP contribution in [0.3, 0.4) is 0 Å². The lowest BCUT2D eigenvalue weighted by Gasteiger charge is -2.14. The van der Waals surface area contributed by atoms with Crippen molar-refractivity contribution in [3.05, 3.63) is 96.4 Å². The van der Waals surface area contributed by atoms with Crippen molar-refractivity contribution in [2.75, 3.05) is 11.9 Å². The number of aromatic nitrogens is 3. The molecule has 5 rings (SSSR count). The molecule has 0 spiro atoms. The van der Waals surface area contributed by atoms with Crippen LogP contribution in [0.4, 0.5) is 5.69 Å². The number of nitrogens with zero attached hydrogens (tertiary/aromatic N) is 3. The molecule has 9 heteroatoms. The topological polar surface area (TPSA) is 85.5 Å². The van der Waals surface area contributed by atoms with Crippen LogP contribution >= 0.6 is 31.9 Å². The van der Waals surface area contributed by atoms with Gasteiger partial charge in [-0.1, -0.05) is 52.3 Å². The van der Waals surface area contributed by atoms with E-state index in [1.165, 1.54) is 0 Å². The third-order valence-electron chi connectivity index (χ3n) is 5.11. The zero-order valence-corrected chi connectivity index (χ0v) is 19.6. The van der Waals surface area contributed by atoms with Gasteiger partial charge in [0, 0.05) is 20.0 Å². The van der Waals surface area contributed by atoms with Crippen LogP contribution in [-0.2, 0) is 0 Å². The van der Waals surface area contributed by atoms with E-state index in [4.69, 9.17) is 0 Å². The third-order valence-corrected chi connectivity index (χ3v) is 6.18. The van der Waals surface area contributed by atoms with Crippen LogP contribution in [0.15, 0.2) is 85.3 Å². The number of carbonyl (C=O) groups is 1. The molecule has 0 radical (unpaired) electrons. The molecule has 2 aromatic heterocycles. The lowest BCUT2D eigenvalue weighted by molar-refractivity contribution is 0.0901. The van der Waals surface area contributed by atoms with Crippen LogP contribution in [0.5, 0.6) is 0 Å². The van der Waals surface area contributed by atoms with Crippen LogP contribution < -0.4 is 16.4 Å². The van der Waals surface area contributed by atoms with Crippen molar-refractivity contribution in [1.82, 2.24) is 14.2 Å². The summed E-state index contributed by atoms with van der Waals surface area (Å²) < 4.78 is 3.24. The van der Waals surface area contributed by atoms with Crippen LogP contribution in [0.2, 0.25) is 0 Å². The van der Waals surface area contributed by atoms with Crippen molar-refractivity contribution in [2.24, 2.45) is 0 Å². The van der Waals surface area contributed by atoms with Crippen molar-refractivity contribution in [3.63, 3.8) is 0 Å². The van der Waals surface area contributed by atoms with E-state index in [0.717, 1.165) is 14.9 Å². The third kappa shape index (κ3) is 3.34. The Morgan fingerprint density at radius 3 is 2.31 bits per heavy atom. The zero-order valence-electron chi connectivity index (χ0n) is 16.4. The maximum absolute atomic E-state index is 13.5. The Morgan fingerprint density at radius 2 is 1.56 bits per heavy atom. The standard InChI is InChI=1S/C23H14Br2N4O3/c24-13-10-17-20(18(25)11-13)27-21-15-8-4-5-9-16(15)22(31)28(29(21)23(17)32)19(30)12-26-14-6-2-1-3-7-14/h1-11,26H,12H2. The molecule has 0 saturated heterocycles. The SMILES string of the molecule is O=C(CNc1ccccc1)n1c(=O)c2ccccc2c2nc3c(Br)cc(Br)cc3c(=O)n21. The Morgan fingerprint density at radius 1 is 0.875 bits per heavy atom. The van der Waals surface area contributed by atoms with Crippen molar-refractivity contribution < 1.29 is 4.79 Å². The second-order valence-electron chi connectivity index (χ2n) is 7.11. The van der Waals surface area contributed by atoms with Gasteiger partial charge in [-0.3, -0.25) is 14.4 Å². The zero-order chi connectivity index (χ0) is 22.4. The number of para-hydroxylation sites is 1. The fourth-order valence-corrected chi connectivity index (χ4v) is 4.98. The Balaban J connectivity index is 1.83. The number of carbonyl (C=O) groups excluding carboxylic acids is 1. The molecule has 0 aliphatic rings. The van der Waals surface area contributed by atoms with Gasteiger partial charge in [0.25, 0.3) is 17.0 Å². The summed E-state index contributed by atoms with van der Waals surface area (Å²) in [5, 5.41) is 4.07. The molecule has 5 aromatic rings. The normalized spacial score (nSPS) is 11.3. The van der Waals surface area contributed by atoms with Gasteiger partial charge in [-0.2, -0.15) is 9.20 Å². The van der Waals surface area contributed by atoms with Gasteiger partial charge in [-0.25, -0.2) is 4.98 Å². The summed E-state index contributed by atoms with van der Waals surface area (Å²) >= 11 is 6.84. The summed E-state index contributed by atoms with van der Waals surface area (Å²) in [6.45, 7) is -0.177. The molecule has 0 aliphatic carbocycles. The summed E-state index contributed by atoms with van der Waals surface area (Å²) in [5.41, 5.74) is 0.313. The number of hydrogen-bond donors (Lipinski definition) is 1. The molecule has 3 aromatic carbocycles. The summed E-state index contributed by atoms with van der Waals surface area (Å²) in [4.78, 5) is 44.7. The molecule has 0 unspecified atom stereocenters. The fourth-order valence-electron chi connectivity index (χ4n) is 3.67. The van der Waals surface area contributed by atoms with Crippen molar-refractivity contribution in [2.45, 2.75) is 0 Å². The highest BCUT2D eigenvalue weighted by Crippen LogP contribution is 2.26. The van der Waals surface area contributed by atoms with E-state index >= 15 is 0 Å². The molecule has 32 heavy (non-hydrogen) atoms. The number of rotatable bonds is 3. The lowest BCUT2D eigenvalue weighted by atomic mass is 10.2. The molecule has 2 heterocycles. The van der Waals surface area contributed by atoms with Gasteiger partial charge >= 0.3 is 0 Å². The molecule has 0 bridgehead atoms. The van der Waals surface area contributed by atoms with Gasteiger partial charge in [-0.05, 0) is 46.3 Å². The first-order valence-electron chi connectivity index (χ1n) is 9.63. The van der Waals surface area contributed by atoms with Gasteiger partial charge in [0.2, 0.25) is 0 Å². The maximum Gasteiger partial charge on any atom is 0.281 e. The maximum atomic E-state index is 13.5. The molecule has 0 saturated carbocycles. The van der Waals surface area contributed by atoms with Crippen LogP contribution in [0, 0.1) is 0 Å². The van der Waals surface area contributed by atoms with Crippen LogP contribution in [-0.4, -0.2) is 26.6 Å². The van der Waals surface area contributed by atoms with Gasteiger partial charge < -0.3 is 5.32 Å². The van der Waals surface area contributed by atoms with Gasteiger partial charge in [-0.15, -0.1) is 0 Å². The van der Waals surface area contributed by atoms with E-state index in [1.807, 2.05) is 30.3 Å². The lowest BCUT2D eigenvalue weighted by Crippen LogP contribution is -2.40. The Kier molecular flexibility index (Phi) is 5.15. The number of hydrogen-bond acceptors (Lipinski definition) is 5. The molecule has 0 fully saturated rings. The first kappa shape index (κ1) is 20.6. The van der Waals surface area contributed by atoms with E-state index in [9.17, 15) is 14.4 Å². The largest absolute Gasteiger partial charge is 0.376 e. The Bertz CT molecular complexity index is 1660. The predicted molar refractivity (Wildman–Crippen MR) is 132 cm³/mol. The molecule has 1 N–H and O–H groups in total. The second-order valence-corrected chi connectivity index (χ2v) is 8.88. The molecular formula is C23H14Br2N4O3. The summed E-state index contributed by atoms with van der Waals surface area (Å²) in [5.74, 6) is -0.577. The Labute approximate surface area is 197 Å². The number of fused-ring (bicyclic) bond motifs is 4. The average molecular weight is 554 g/mol. The number of benzene rings is 3.